The number of aromatic nitrogens is 1. The molecule has 0 saturated carbocycles. The van der Waals surface area contributed by atoms with E-state index in [0.717, 1.165) is 11.4 Å². The van der Waals surface area contributed by atoms with Crippen LogP contribution in [0.1, 0.15) is 10.4 Å². The van der Waals surface area contributed by atoms with E-state index in [1.165, 1.54) is 0 Å². The molecule has 132 valence electrons. The van der Waals surface area contributed by atoms with Crippen molar-refractivity contribution in [3.63, 3.8) is 0 Å². The number of carbonyl (C=O) groups is 1. The van der Waals surface area contributed by atoms with Gasteiger partial charge in [0.05, 0.1) is 0 Å². The summed E-state index contributed by atoms with van der Waals surface area (Å²) in [7, 11) is 3.69. The van der Waals surface area contributed by atoms with E-state index >= 15 is 0 Å². The number of nitrogens with one attached hydrogen (secondary N) is 2. The van der Waals surface area contributed by atoms with E-state index in [-0.39, 0.29) is 11.1 Å². The summed E-state index contributed by atoms with van der Waals surface area (Å²) in [6, 6.07) is 20.7. The number of hydrogen-bond donors (Lipinski definition) is 2. The maximum Gasteiger partial charge on any atom is 0.255 e. The summed E-state index contributed by atoms with van der Waals surface area (Å²) in [5.74, 6) is 0.395. The first-order valence-corrected chi connectivity index (χ1v) is 8.47. The van der Waals surface area contributed by atoms with Crippen LogP contribution >= 0.6 is 11.6 Å². The van der Waals surface area contributed by atoms with Crippen molar-refractivity contribution < 1.29 is 4.79 Å². The van der Waals surface area contributed by atoms with Crippen LogP contribution in [0.25, 0.3) is 0 Å². The van der Waals surface area contributed by atoms with Gasteiger partial charge in [-0.15, -0.1) is 0 Å². The van der Waals surface area contributed by atoms with E-state index in [4.69, 9.17) is 11.6 Å². The van der Waals surface area contributed by atoms with Crippen LogP contribution in [0, 0.1) is 0 Å². The summed E-state index contributed by atoms with van der Waals surface area (Å²) in [6.45, 7) is 0. The first-order valence-electron chi connectivity index (χ1n) is 8.10. The molecule has 0 aliphatic rings. The van der Waals surface area contributed by atoms with Crippen molar-refractivity contribution in [1.82, 2.24) is 4.98 Å². The summed E-state index contributed by atoms with van der Waals surface area (Å²) in [6.07, 6.45) is 0. The Hall–Kier alpha value is -3.05. The molecular formula is C20H19ClN4O. The Bertz CT molecular complexity index is 895. The molecule has 0 atom stereocenters. The number of pyridine rings is 1. The average molecular weight is 367 g/mol. The molecule has 0 spiro atoms. The van der Waals surface area contributed by atoms with Gasteiger partial charge in [0.1, 0.15) is 11.0 Å². The molecule has 0 fully saturated rings. The van der Waals surface area contributed by atoms with Crippen molar-refractivity contribution in [3.05, 3.63) is 77.4 Å². The van der Waals surface area contributed by atoms with Gasteiger partial charge in [-0.1, -0.05) is 29.8 Å². The average Bonchev–Trinajstić information content (AvgIpc) is 2.63. The number of rotatable bonds is 5. The van der Waals surface area contributed by atoms with Crippen LogP contribution in [-0.4, -0.2) is 25.0 Å². The minimum atomic E-state index is -0.235. The van der Waals surface area contributed by atoms with Crippen molar-refractivity contribution in [2.24, 2.45) is 0 Å². The highest BCUT2D eigenvalue weighted by Crippen LogP contribution is 2.21. The quantitative estimate of drug-likeness (QED) is 0.637. The summed E-state index contributed by atoms with van der Waals surface area (Å²) in [5, 5.41) is 6.45. The topological polar surface area (TPSA) is 57.3 Å². The number of amides is 1. The molecule has 1 heterocycles. The van der Waals surface area contributed by atoms with Crippen LogP contribution in [-0.2, 0) is 0 Å². The highest BCUT2D eigenvalue weighted by atomic mass is 35.5. The molecule has 3 aromatic rings. The molecule has 0 aliphatic heterocycles. The maximum absolute atomic E-state index is 12.5. The number of halogens is 1. The monoisotopic (exact) mass is 366 g/mol. The van der Waals surface area contributed by atoms with Crippen LogP contribution < -0.4 is 15.5 Å². The molecule has 0 radical (unpaired) electrons. The van der Waals surface area contributed by atoms with Crippen molar-refractivity contribution in [1.29, 1.82) is 0 Å². The summed E-state index contributed by atoms with van der Waals surface area (Å²) < 4.78 is 0. The van der Waals surface area contributed by atoms with Gasteiger partial charge in [0, 0.05) is 36.7 Å². The molecule has 1 aromatic heterocycles. The molecular weight excluding hydrogens is 348 g/mol. The Balaban J connectivity index is 1.70. The minimum Gasteiger partial charge on any atom is -0.363 e. The van der Waals surface area contributed by atoms with Gasteiger partial charge in [-0.2, -0.15) is 0 Å². The molecule has 2 aromatic carbocycles. The summed E-state index contributed by atoms with van der Waals surface area (Å²) in [4.78, 5) is 18.5. The van der Waals surface area contributed by atoms with E-state index in [9.17, 15) is 4.79 Å². The van der Waals surface area contributed by atoms with Crippen LogP contribution in [0.2, 0.25) is 5.15 Å². The molecule has 0 unspecified atom stereocenters. The zero-order valence-corrected chi connectivity index (χ0v) is 15.3. The number of benzene rings is 2. The molecule has 3 rings (SSSR count). The van der Waals surface area contributed by atoms with Gasteiger partial charge in [0.2, 0.25) is 0 Å². The fraction of sp³-hybridized carbons (Fsp3) is 0.100. The predicted octanol–water partition coefficient (Wildman–Crippen LogP) is 4.80. The zero-order valence-electron chi connectivity index (χ0n) is 14.5. The van der Waals surface area contributed by atoms with E-state index in [1.54, 1.807) is 17.0 Å². The number of nitrogens with zero attached hydrogens (tertiary/aromatic N) is 2. The van der Waals surface area contributed by atoms with Gasteiger partial charge in [0.15, 0.2) is 0 Å². The summed E-state index contributed by atoms with van der Waals surface area (Å²) in [5.41, 5.74) is 3.11. The van der Waals surface area contributed by atoms with Gasteiger partial charge >= 0.3 is 0 Å². The molecule has 2 N–H and O–H groups in total. The Morgan fingerprint density at radius 2 is 1.54 bits per heavy atom. The zero-order chi connectivity index (χ0) is 18.5. The van der Waals surface area contributed by atoms with Gasteiger partial charge in [-0.25, -0.2) is 4.98 Å². The molecule has 5 nitrogen and oxygen atoms in total. The first kappa shape index (κ1) is 17.8. The lowest BCUT2D eigenvalue weighted by Crippen LogP contribution is -2.15. The molecule has 6 heteroatoms. The highest BCUT2D eigenvalue weighted by molar-refractivity contribution is 6.30. The van der Waals surface area contributed by atoms with Crippen LogP contribution in [0.3, 0.4) is 0 Å². The Labute approximate surface area is 157 Å². The van der Waals surface area contributed by atoms with Crippen molar-refractivity contribution in [3.8, 4) is 0 Å². The lowest BCUT2D eigenvalue weighted by atomic mass is 10.2. The van der Waals surface area contributed by atoms with Gasteiger partial charge in [-0.05, 0) is 48.5 Å². The van der Waals surface area contributed by atoms with E-state index < -0.39 is 0 Å². The Morgan fingerprint density at radius 1 is 0.923 bits per heavy atom. The van der Waals surface area contributed by atoms with E-state index in [0.29, 0.717) is 17.1 Å². The van der Waals surface area contributed by atoms with Gasteiger partial charge in [0.25, 0.3) is 5.91 Å². The third-order valence-corrected chi connectivity index (χ3v) is 3.90. The van der Waals surface area contributed by atoms with Gasteiger partial charge in [-0.3, -0.25) is 4.79 Å². The lowest BCUT2D eigenvalue weighted by Gasteiger charge is -2.13. The minimum absolute atomic E-state index is 0.235. The second-order valence-corrected chi connectivity index (χ2v) is 6.34. The second kappa shape index (κ2) is 7.89. The van der Waals surface area contributed by atoms with Crippen LogP contribution in [0.4, 0.5) is 22.9 Å². The fourth-order valence-corrected chi connectivity index (χ4v) is 2.58. The SMILES string of the molecule is CN(C)c1cc(C(=O)Nc2ccc(Nc3ccccc3)cc2)cc(Cl)n1. The van der Waals surface area contributed by atoms with E-state index in [1.807, 2.05) is 68.7 Å². The smallest absolute Gasteiger partial charge is 0.255 e. The number of para-hydroxylation sites is 1. The fourth-order valence-electron chi connectivity index (χ4n) is 2.37. The number of anilines is 4. The molecule has 0 aliphatic carbocycles. The standard InChI is InChI=1S/C20H19ClN4O/c1-25(2)19-13-14(12-18(21)24-19)20(26)23-17-10-8-16(9-11-17)22-15-6-4-3-5-7-15/h3-13,22H,1-2H3,(H,23,26). The van der Waals surface area contributed by atoms with Crippen LogP contribution in [0.15, 0.2) is 66.7 Å². The normalized spacial score (nSPS) is 10.3. The first-order chi connectivity index (χ1) is 12.5. The van der Waals surface area contributed by atoms with E-state index in [2.05, 4.69) is 15.6 Å². The maximum atomic E-state index is 12.5. The lowest BCUT2D eigenvalue weighted by molar-refractivity contribution is 0.102. The number of carbonyl (C=O) groups excluding carboxylic acids is 1. The molecule has 26 heavy (non-hydrogen) atoms. The molecule has 1 amide bonds. The Kier molecular flexibility index (Phi) is 5.39. The third kappa shape index (κ3) is 4.52. The van der Waals surface area contributed by atoms with Crippen molar-refractivity contribution >= 4 is 40.4 Å². The highest BCUT2D eigenvalue weighted by Gasteiger charge is 2.11. The number of hydrogen-bond acceptors (Lipinski definition) is 4. The third-order valence-electron chi connectivity index (χ3n) is 3.71. The van der Waals surface area contributed by atoms with Crippen LogP contribution in [0.5, 0.6) is 0 Å². The van der Waals surface area contributed by atoms with Crippen molar-refractivity contribution in [2.45, 2.75) is 0 Å². The predicted molar refractivity (Wildman–Crippen MR) is 108 cm³/mol. The summed E-state index contributed by atoms with van der Waals surface area (Å²) >= 11 is 6.01. The molecule has 0 bridgehead atoms. The van der Waals surface area contributed by atoms with Crippen molar-refractivity contribution in [2.75, 3.05) is 29.6 Å². The van der Waals surface area contributed by atoms with Gasteiger partial charge < -0.3 is 15.5 Å². The second-order valence-electron chi connectivity index (χ2n) is 5.95. The molecule has 0 saturated heterocycles. The largest absolute Gasteiger partial charge is 0.363 e. The Morgan fingerprint density at radius 3 is 2.19 bits per heavy atom.